The number of alkyl halides is 3. The van der Waals surface area contributed by atoms with Gasteiger partial charge in [-0.1, -0.05) is 13.0 Å². The molecule has 0 aliphatic carbocycles. The van der Waals surface area contributed by atoms with Crippen molar-refractivity contribution in [3.63, 3.8) is 0 Å². The SMILES string of the molecule is CCc1ccc(CC(=O)CC(F)(F)F)nc1. The summed E-state index contributed by atoms with van der Waals surface area (Å²) in [6.45, 7) is 1.95. The van der Waals surface area contributed by atoms with Crippen molar-refractivity contribution in [1.82, 2.24) is 4.98 Å². The fraction of sp³-hybridized carbons (Fsp3) is 0.455. The number of carbonyl (C=O) groups excluding carboxylic acids is 1. The lowest BCUT2D eigenvalue weighted by Crippen LogP contribution is -2.16. The number of halogens is 3. The molecule has 0 spiro atoms. The molecule has 0 fully saturated rings. The van der Waals surface area contributed by atoms with E-state index in [1.54, 1.807) is 18.3 Å². The van der Waals surface area contributed by atoms with Gasteiger partial charge in [0.05, 0.1) is 0 Å². The molecule has 0 unspecified atom stereocenters. The minimum atomic E-state index is -4.43. The molecule has 5 heteroatoms. The molecule has 1 rings (SSSR count). The zero-order valence-corrected chi connectivity index (χ0v) is 8.84. The fourth-order valence-electron chi connectivity index (χ4n) is 1.26. The van der Waals surface area contributed by atoms with Crippen LogP contribution in [0.4, 0.5) is 13.2 Å². The van der Waals surface area contributed by atoms with Crippen LogP contribution in [0.25, 0.3) is 0 Å². The van der Waals surface area contributed by atoms with E-state index in [1.165, 1.54) is 0 Å². The van der Waals surface area contributed by atoms with Crippen LogP contribution in [0.15, 0.2) is 18.3 Å². The summed E-state index contributed by atoms with van der Waals surface area (Å²) < 4.78 is 35.7. The number of rotatable bonds is 4. The lowest BCUT2D eigenvalue weighted by molar-refractivity contribution is -0.151. The molecule has 1 aromatic rings. The van der Waals surface area contributed by atoms with Crippen LogP contribution in [-0.4, -0.2) is 16.9 Å². The summed E-state index contributed by atoms with van der Waals surface area (Å²) in [6.07, 6.45) is -3.69. The second-order valence-corrected chi connectivity index (χ2v) is 3.52. The highest BCUT2D eigenvalue weighted by atomic mass is 19.4. The second kappa shape index (κ2) is 5.09. The molecule has 16 heavy (non-hydrogen) atoms. The lowest BCUT2D eigenvalue weighted by Gasteiger charge is -2.05. The number of carbonyl (C=O) groups is 1. The minimum Gasteiger partial charge on any atom is -0.299 e. The summed E-state index contributed by atoms with van der Waals surface area (Å²) in [4.78, 5) is 15.0. The van der Waals surface area contributed by atoms with E-state index < -0.39 is 18.4 Å². The zero-order valence-electron chi connectivity index (χ0n) is 8.84. The molecule has 0 aromatic carbocycles. The summed E-state index contributed by atoms with van der Waals surface area (Å²) in [5.74, 6) is -0.857. The average Bonchev–Trinajstić information content (AvgIpc) is 2.16. The highest BCUT2D eigenvalue weighted by Gasteiger charge is 2.30. The quantitative estimate of drug-likeness (QED) is 0.797. The standard InChI is InChI=1S/C11H12F3NO/c1-2-8-3-4-9(15-7-8)5-10(16)6-11(12,13)14/h3-4,7H,2,5-6H2,1H3. The second-order valence-electron chi connectivity index (χ2n) is 3.52. The topological polar surface area (TPSA) is 30.0 Å². The van der Waals surface area contributed by atoms with Crippen LogP contribution < -0.4 is 0 Å². The van der Waals surface area contributed by atoms with E-state index in [9.17, 15) is 18.0 Å². The van der Waals surface area contributed by atoms with Crippen LogP contribution in [-0.2, 0) is 17.6 Å². The summed E-state index contributed by atoms with van der Waals surface area (Å²) in [6, 6.07) is 3.36. The van der Waals surface area contributed by atoms with Gasteiger partial charge in [-0.2, -0.15) is 13.2 Å². The van der Waals surface area contributed by atoms with E-state index >= 15 is 0 Å². The highest BCUT2D eigenvalue weighted by Crippen LogP contribution is 2.20. The van der Waals surface area contributed by atoms with Crippen LogP contribution in [0.5, 0.6) is 0 Å². The number of aromatic nitrogens is 1. The monoisotopic (exact) mass is 231 g/mol. The van der Waals surface area contributed by atoms with E-state index in [2.05, 4.69) is 4.98 Å². The first-order valence-electron chi connectivity index (χ1n) is 4.93. The van der Waals surface area contributed by atoms with Crippen molar-refractivity contribution in [2.75, 3.05) is 0 Å². The summed E-state index contributed by atoms with van der Waals surface area (Å²) >= 11 is 0. The number of hydrogen-bond acceptors (Lipinski definition) is 2. The van der Waals surface area contributed by atoms with Gasteiger partial charge < -0.3 is 0 Å². The molecular weight excluding hydrogens is 219 g/mol. The Kier molecular flexibility index (Phi) is 4.04. The Labute approximate surface area is 91.5 Å². The first-order chi connectivity index (χ1) is 7.40. The van der Waals surface area contributed by atoms with E-state index in [4.69, 9.17) is 0 Å². The molecule has 0 aliphatic heterocycles. The van der Waals surface area contributed by atoms with Crippen LogP contribution in [0.2, 0.25) is 0 Å². The average molecular weight is 231 g/mol. The van der Waals surface area contributed by atoms with Crippen molar-refractivity contribution in [1.29, 1.82) is 0 Å². The lowest BCUT2D eigenvalue weighted by atomic mass is 10.1. The third-order valence-electron chi connectivity index (χ3n) is 2.07. The largest absolute Gasteiger partial charge is 0.395 e. The van der Waals surface area contributed by atoms with Gasteiger partial charge in [0.1, 0.15) is 12.2 Å². The number of ketones is 1. The predicted octanol–water partition coefficient (Wildman–Crippen LogP) is 2.71. The van der Waals surface area contributed by atoms with Gasteiger partial charge in [-0.15, -0.1) is 0 Å². The maximum Gasteiger partial charge on any atom is 0.395 e. The Balaban J connectivity index is 2.56. The minimum absolute atomic E-state index is 0.260. The number of aryl methyl sites for hydroxylation is 1. The molecule has 0 bridgehead atoms. The highest BCUT2D eigenvalue weighted by molar-refractivity contribution is 5.81. The van der Waals surface area contributed by atoms with E-state index in [0.29, 0.717) is 5.69 Å². The molecule has 1 heterocycles. The fourth-order valence-corrected chi connectivity index (χ4v) is 1.26. The third-order valence-corrected chi connectivity index (χ3v) is 2.07. The molecular formula is C11H12F3NO. The van der Waals surface area contributed by atoms with Gasteiger partial charge in [0.2, 0.25) is 0 Å². The number of pyridine rings is 1. The molecule has 0 amide bonds. The molecule has 0 radical (unpaired) electrons. The number of Topliss-reactive ketones (excluding diaryl/α,β-unsaturated/α-hetero) is 1. The van der Waals surface area contributed by atoms with Crippen LogP contribution in [0, 0.1) is 0 Å². The molecule has 1 aromatic heterocycles. The van der Waals surface area contributed by atoms with Crippen LogP contribution >= 0.6 is 0 Å². The van der Waals surface area contributed by atoms with Crippen LogP contribution in [0.3, 0.4) is 0 Å². The van der Waals surface area contributed by atoms with Crippen molar-refractivity contribution in [2.24, 2.45) is 0 Å². The maximum atomic E-state index is 11.9. The maximum absolute atomic E-state index is 11.9. The molecule has 0 saturated heterocycles. The Morgan fingerprint density at radius 2 is 2.06 bits per heavy atom. The van der Waals surface area contributed by atoms with Crippen LogP contribution in [0.1, 0.15) is 24.6 Å². The van der Waals surface area contributed by atoms with Gasteiger partial charge in [0, 0.05) is 18.3 Å². The van der Waals surface area contributed by atoms with Crippen molar-refractivity contribution in [3.8, 4) is 0 Å². The third kappa shape index (κ3) is 4.42. The van der Waals surface area contributed by atoms with E-state index in [1.807, 2.05) is 6.92 Å². The Bertz CT molecular complexity index is 356. The molecule has 0 aliphatic rings. The Hall–Kier alpha value is -1.39. The van der Waals surface area contributed by atoms with E-state index in [0.717, 1.165) is 12.0 Å². The molecule has 88 valence electrons. The molecule has 0 N–H and O–H groups in total. The Morgan fingerprint density at radius 1 is 1.38 bits per heavy atom. The van der Waals surface area contributed by atoms with Crippen molar-refractivity contribution in [2.45, 2.75) is 32.4 Å². The normalized spacial score (nSPS) is 11.5. The first-order valence-corrected chi connectivity index (χ1v) is 4.93. The van der Waals surface area contributed by atoms with E-state index in [-0.39, 0.29) is 6.42 Å². The van der Waals surface area contributed by atoms with Gasteiger partial charge in [-0.3, -0.25) is 9.78 Å². The number of nitrogens with zero attached hydrogens (tertiary/aromatic N) is 1. The zero-order chi connectivity index (χ0) is 12.2. The first kappa shape index (κ1) is 12.7. The van der Waals surface area contributed by atoms with Gasteiger partial charge in [-0.05, 0) is 18.1 Å². The summed E-state index contributed by atoms with van der Waals surface area (Å²) in [5, 5.41) is 0. The number of hydrogen-bond donors (Lipinski definition) is 0. The smallest absolute Gasteiger partial charge is 0.299 e. The van der Waals surface area contributed by atoms with Gasteiger partial charge in [0.25, 0.3) is 0 Å². The molecule has 0 atom stereocenters. The van der Waals surface area contributed by atoms with Gasteiger partial charge in [-0.25, -0.2) is 0 Å². The Morgan fingerprint density at radius 3 is 2.50 bits per heavy atom. The van der Waals surface area contributed by atoms with Gasteiger partial charge in [0.15, 0.2) is 0 Å². The summed E-state index contributed by atoms with van der Waals surface area (Å²) in [5.41, 5.74) is 1.37. The predicted molar refractivity (Wildman–Crippen MR) is 53.0 cm³/mol. The van der Waals surface area contributed by atoms with Crippen molar-refractivity contribution < 1.29 is 18.0 Å². The van der Waals surface area contributed by atoms with Crippen molar-refractivity contribution >= 4 is 5.78 Å². The molecule has 2 nitrogen and oxygen atoms in total. The molecule has 0 saturated carbocycles. The van der Waals surface area contributed by atoms with Gasteiger partial charge >= 0.3 is 6.18 Å². The van der Waals surface area contributed by atoms with Crippen molar-refractivity contribution in [3.05, 3.63) is 29.6 Å². The summed E-state index contributed by atoms with van der Waals surface area (Å²) in [7, 11) is 0.